The number of aliphatic hydroxyl groups excluding tert-OH is 1. The minimum absolute atomic E-state index is 0.115. The minimum atomic E-state index is -1.02. The van der Waals surface area contributed by atoms with Gasteiger partial charge in [-0.05, 0) is 67.1 Å². The summed E-state index contributed by atoms with van der Waals surface area (Å²) in [5.74, 6) is 1.39. The summed E-state index contributed by atoms with van der Waals surface area (Å²) in [4.78, 5) is 13.3. The number of aliphatic hydroxyl groups is 2. The number of fused-ring (bicyclic) bond motifs is 3. The Morgan fingerprint density at radius 2 is 1.87 bits per heavy atom. The highest BCUT2D eigenvalue weighted by Crippen LogP contribution is 2.71. The van der Waals surface area contributed by atoms with Crippen molar-refractivity contribution in [2.24, 2.45) is 34.0 Å². The van der Waals surface area contributed by atoms with Gasteiger partial charge in [0.05, 0.1) is 12.2 Å². The summed E-state index contributed by atoms with van der Waals surface area (Å²) < 4.78 is 0. The van der Waals surface area contributed by atoms with E-state index in [0.29, 0.717) is 30.5 Å². The van der Waals surface area contributed by atoms with Gasteiger partial charge >= 0.3 is 0 Å². The summed E-state index contributed by atoms with van der Waals surface area (Å²) in [5.41, 5.74) is -0.898. The minimum Gasteiger partial charge on any atom is -0.393 e. The van der Waals surface area contributed by atoms with Crippen molar-refractivity contribution >= 4 is 5.78 Å². The van der Waals surface area contributed by atoms with Gasteiger partial charge in [0.2, 0.25) is 0 Å². The standard InChI is InChI=1S/C20H32O3/c1-17(2)7-4-8-18(3)14-6-5-13-10-19(14,11-20(13,23)12-21)16(22)9-15(17)18/h13-15,21,23H,4-12H2,1-3H3/t13-,14+,15-,18+,19-,20+/m1/s1. The molecule has 0 saturated heterocycles. The highest BCUT2D eigenvalue weighted by Gasteiger charge is 2.70. The van der Waals surface area contributed by atoms with Crippen LogP contribution < -0.4 is 0 Å². The fraction of sp³-hybridized carbons (Fsp3) is 0.950. The third-order valence-corrected chi connectivity index (χ3v) is 8.75. The molecular weight excluding hydrogens is 288 g/mol. The molecule has 130 valence electrons. The number of ketones is 1. The topological polar surface area (TPSA) is 57.5 Å². The van der Waals surface area contributed by atoms with Gasteiger partial charge in [-0.3, -0.25) is 4.79 Å². The van der Waals surface area contributed by atoms with E-state index in [1.165, 1.54) is 19.3 Å². The van der Waals surface area contributed by atoms with Gasteiger partial charge in [-0.1, -0.05) is 27.2 Å². The zero-order valence-corrected chi connectivity index (χ0v) is 14.9. The molecule has 0 aromatic carbocycles. The van der Waals surface area contributed by atoms with Crippen LogP contribution in [0.1, 0.15) is 72.1 Å². The fourth-order valence-corrected chi connectivity index (χ4v) is 7.71. The van der Waals surface area contributed by atoms with Crippen LogP contribution in [-0.4, -0.2) is 28.2 Å². The summed E-state index contributed by atoms with van der Waals surface area (Å²) >= 11 is 0. The SMILES string of the molecule is CC1(C)CCC[C@]2(C)[C@@H]1CC(=O)[C@@]13C[C@@H](CC[C@H]12)[C@@](O)(CO)C3. The van der Waals surface area contributed by atoms with Gasteiger partial charge in [0.1, 0.15) is 5.78 Å². The van der Waals surface area contributed by atoms with Crippen molar-refractivity contribution in [3.05, 3.63) is 0 Å². The normalized spacial score (nSPS) is 54.5. The van der Waals surface area contributed by atoms with Gasteiger partial charge in [-0.2, -0.15) is 0 Å². The first-order valence-electron chi connectivity index (χ1n) is 9.55. The maximum absolute atomic E-state index is 13.3. The quantitative estimate of drug-likeness (QED) is 0.779. The molecule has 0 unspecified atom stereocenters. The van der Waals surface area contributed by atoms with E-state index in [9.17, 15) is 15.0 Å². The first kappa shape index (κ1) is 16.1. The summed E-state index contributed by atoms with van der Waals surface area (Å²) in [6.07, 6.45) is 7.75. The Morgan fingerprint density at radius 3 is 2.57 bits per heavy atom. The molecule has 4 saturated carbocycles. The molecule has 0 heterocycles. The van der Waals surface area contributed by atoms with E-state index in [4.69, 9.17) is 0 Å². The zero-order chi connectivity index (χ0) is 16.7. The van der Waals surface area contributed by atoms with E-state index in [1.807, 2.05) is 0 Å². The molecule has 0 aromatic rings. The Morgan fingerprint density at radius 1 is 1.13 bits per heavy atom. The van der Waals surface area contributed by atoms with Crippen LogP contribution in [0.3, 0.4) is 0 Å². The predicted octanol–water partition coefficient (Wildman–Crippen LogP) is 3.32. The first-order valence-corrected chi connectivity index (χ1v) is 9.55. The number of hydrogen-bond donors (Lipinski definition) is 2. The molecule has 4 rings (SSSR count). The molecule has 2 N–H and O–H groups in total. The van der Waals surface area contributed by atoms with E-state index in [2.05, 4.69) is 20.8 Å². The average molecular weight is 320 g/mol. The smallest absolute Gasteiger partial charge is 0.139 e. The van der Waals surface area contributed by atoms with Crippen LogP contribution >= 0.6 is 0 Å². The van der Waals surface area contributed by atoms with Crippen molar-refractivity contribution < 1.29 is 15.0 Å². The van der Waals surface area contributed by atoms with E-state index in [0.717, 1.165) is 19.3 Å². The predicted molar refractivity (Wildman–Crippen MR) is 88.8 cm³/mol. The number of hydrogen-bond acceptors (Lipinski definition) is 3. The van der Waals surface area contributed by atoms with Crippen molar-refractivity contribution in [2.75, 3.05) is 6.61 Å². The van der Waals surface area contributed by atoms with Crippen molar-refractivity contribution in [3.8, 4) is 0 Å². The van der Waals surface area contributed by atoms with E-state index in [-0.39, 0.29) is 28.8 Å². The van der Waals surface area contributed by atoms with Gasteiger partial charge in [0, 0.05) is 11.8 Å². The zero-order valence-electron chi connectivity index (χ0n) is 14.9. The van der Waals surface area contributed by atoms with Gasteiger partial charge in [0.25, 0.3) is 0 Å². The van der Waals surface area contributed by atoms with Crippen LogP contribution in [-0.2, 0) is 4.79 Å². The highest BCUT2D eigenvalue weighted by atomic mass is 16.3. The Labute approximate surface area is 139 Å². The lowest BCUT2D eigenvalue weighted by molar-refractivity contribution is -0.170. The van der Waals surface area contributed by atoms with Gasteiger partial charge < -0.3 is 10.2 Å². The molecule has 3 nitrogen and oxygen atoms in total. The van der Waals surface area contributed by atoms with Crippen molar-refractivity contribution in [2.45, 2.75) is 77.7 Å². The molecule has 0 aromatic heterocycles. The van der Waals surface area contributed by atoms with Crippen LogP contribution in [0.15, 0.2) is 0 Å². The Balaban J connectivity index is 1.78. The van der Waals surface area contributed by atoms with Gasteiger partial charge in [0.15, 0.2) is 0 Å². The van der Waals surface area contributed by atoms with Crippen LogP contribution in [0.25, 0.3) is 0 Å². The maximum Gasteiger partial charge on any atom is 0.139 e. The third kappa shape index (κ3) is 1.87. The van der Waals surface area contributed by atoms with Crippen LogP contribution in [0, 0.1) is 34.0 Å². The number of carbonyl (C=O) groups is 1. The molecular formula is C20H32O3. The Kier molecular flexibility index (Phi) is 3.22. The van der Waals surface area contributed by atoms with Crippen LogP contribution in [0.5, 0.6) is 0 Å². The molecule has 6 atom stereocenters. The summed E-state index contributed by atoms with van der Waals surface area (Å²) in [5, 5.41) is 20.7. The van der Waals surface area contributed by atoms with Gasteiger partial charge in [-0.25, -0.2) is 0 Å². The van der Waals surface area contributed by atoms with Crippen molar-refractivity contribution in [1.29, 1.82) is 0 Å². The Bertz CT molecular complexity index is 541. The van der Waals surface area contributed by atoms with Crippen LogP contribution in [0.4, 0.5) is 0 Å². The monoisotopic (exact) mass is 320 g/mol. The average Bonchev–Trinajstić information content (AvgIpc) is 2.71. The molecule has 3 heteroatoms. The van der Waals surface area contributed by atoms with E-state index < -0.39 is 5.60 Å². The lowest BCUT2D eigenvalue weighted by atomic mass is 9.41. The molecule has 0 radical (unpaired) electrons. The summed E-state index contributed by atoms with van der Waals surface area (Å²) in [6.45, 7) is 6.95. The largest absolute Gasteiger partial charge is 0.393 e. The second kappa shape index (κ2) is 4.60. The lowest BCUT2D eigenvalue weighted by Gasteiger charge is -2.62. The molecule has 23 heavy (non-hydrogen) atoms. The Hall–Kier alpha value is -0.410. The molecule has 4 fully saturated rings. The fourth-order valence-electron chi connectivity index (χ4n) is 7.71. The van der Waals surface area contributed by atoms with E-state index >= 15 is 0 Å². The second-order valence-electron chi connectivity index (χ2n) is 10.2. The van der Waals surface area contributed by atoms with Crippen LogP contribution in [0.2, 0.25) is 0 Å². The molecule has 4 aliphatic rings. The van der Waals surface area contributed by atoms with Crippen molar-refractivity contribution in [1.82, 2.24) is 0 Å². The molecule has 0 aliphatic heterocycles. The summed E-state index contributed by atoms with van der Waals surface area (Å²) in [6, 6.07) is 0. The highest BCUT2D eigenvalue weighted by molar-refractivity contribution is 5.87. The first-order chi connectivity index (χ1) is 10.7. The van der Waals surface area contributed by atoms with Crippen molar-refractivity contribution in [3.63, 3.8) is 0 Å². The lowest BCUT2D eigenvalue weighted by Crippen LogP contribution is -2.59. The molecule has 2 bridgehead atoms. The maximum atomic E-state index is 13.3. The molecule has 4 aliphatic carbocycles. The number of carbonyl (C=O) groups excluding carboxylic acids is 1. The van der Waals surface area contributed by atoms with Gasteiger partial charge in [-0.15, -0.1) is 0 Å². The molecule has 0 amide bonds. The number of rotatable bonds is 1. The number of Topliss-reactive ketones (excluding diaryl/α,β-unsaturated/α-hetero) is 1. The molecule has 1 spiro atoms. The van der Waals surface area contributed by atoms with E-state index in [1.54, 1.807) is 0 Å². The third-order valence-electron chi connectivity index (χ3n) is 8.75. The summed E-state index contributed by atoms with van der Waals surface area (Å²) in [7, 11) is 0. The second-order valence-corrected chi connectivity index (χ2v) is 10.2.